The molecule has 0 aliphatic carbocycles. The first-order valence-electron chi connectivity index (χ1n) is 5.16. The van der Waals surface area contributed by atoms with Gasteiger partial charge in [0.25, 0.3) is 0 Å². The number of aromatic nitrogens is 4. The molecule has 1 atom stereocenters. The van der Waals surface area contributed by atoms with Crippen LogP contribution in [0.15, 0.2) is 24.4 Å². The number of hydrogen-bond donors (Lipinski definition) is 1. The van der Waals surface area contributed by atoms with E-state index in [4.69, 9.17) is 0 Å². The van der Waals surface area contributed by atoms with Gasteiger partial charge in [0.15, 0.2) is 0 Å². The second-order valence-electron chi connectivity index (χ2n) is 3.79. The Hall–Kier alpha value is -1.75. The third-order valence-corrected chi connectivity index (χ3v) is 2.25. The molecular formula is C11H14N4O. The van der Waals surface area contributed by atoms with E-state index in [1.54, 1.807) is 17.8 Å². The highest BCUT2D eigenvalue weighted by molar-refractivity contribution is 5.10. The number of nitrogens with zero attached hydrogens (tertiary/aromatic N) is 4. The number of aliphatic hydroxyl groups excluding tert-OH is 1. The molecule has 0 aliphatic heterocycles. The number of aliphatic hydroxyl groups is 1. The van der Waals surface area contributed by atoms with Crippen molar-refractivity contribution in [3.8, 4) is 0 Å². The van der Waals surface area contributed by atoms with Gasteiger partial charge in [0.05, 0.1) is 24.5 Å². The molecule has 0 saturated heterocycles. The summed E-state index contributed by atoms with van der Waals surface area (Å²) in [5, 5.41) is 17.1. The predicted molar refractivity (Wildman–Crippen MR) is 58.7 cm³/mol. The highest BCUT2D eigenvalue weighted by Crippen LogP contribution is 2.07. The summed E-state index contributed by atoms with van der Waals surface area (Å²) in [5.41, 5.74) is 2.49. The maximum absolute atomic E-state index is 9.32. The minimum absolute atomic E-state index is 0.571. The van der Waals surface area contributed by atoms with Crippen LogP contribution < -0.4 is 0 Å². The van der Waals surface area contributed by atoms with Gasteiger partial charge in [-0.25, -0.2) is 4.68 Å². The summed E-state index contributed by atoms with van der Waals surface area (Å²) >= 11 is 0. The molecule has 0 bridgehead atoms. The van der Waals surface area contributed by atoms with Gasteiger partial charge in [0.2, 0.25) is 0 Å². The third-order valence-electron chi connectivity index (χ3n) is 2.25. The van der Waals surface area contributed by atoms with E-state index in [1.807, 2.05) is 25.1 Å². The smallest absolute Gasteiger partial charge is 0.111 e. The lowest BCUT2D eigenvalue weighted by atomic mass is 10.3. The summed E-state index contributed by atoms with van der Waals surface area (Å²) in [4.78, 5) is 4.37. The molecule has 1 N–H and O–H groups in total. The molecule has 0 radical (unpaired) electrons. The Labute approximate surface area is 93.8 Å². The van der Waals surface area contributed by atoms with Crippen LogP contribution in [0.2, 0.25) is 0 Å². The van der Waals surface area contributed by atoms with E-state index in [1.165, 1.54) is 0 Å². The lowest BCUT2D eigenvalue weighted by molar-refractivity contribution is 0.194. The Balaban J connectivity index is 2.14. The van der Waals surface area contributed by atoms with E-state index in [0.29, 0.717) is 12.2 Å². The number of rotatable bonds is 3. The molecule has 0 saturated carbocycles. The molecule has 84 valence electrons. The van der Waals surface area contributed by atoms with Gasteiger partial charge in [-0.15, -0.1) is 5.10 Å². The van der Waals surface area contributed by atoms with E-state index in [9.17, 15) is 5.11 Å². The Bertz CT molecular complexity index is 478. The molecule has 1 unspecified atom stereocenters. The predicted octanol–water partition coefficient (Wildman–Crippen LogP) is 1.08. The molecule has 16 heavy (non-hydrogen) atoms. The number of aryl methyl sites for hydroxylation is 1. The summed E-state index contributed by atoms with van der Waals surface area (Å²) in [6.07, 6.45) is 1.15. The molecule has 2 aromatic rings. The summed E-state index contributed by atoms with van der Waals surface area (Å²) in [6, 6.07) is 5.85. The van der Waals surface area contributed by atoms with Gasteiger partial charge in [-0.05, 0) is 26.0 Å². The second-order valence-corrected chi connectivity index (χ2v) is 3.79. The molecule has 0 aromatic carbocycles. The van der Waals surface area contributed by atoms with E-state index >= 15 is 0 Å². The van der Waals surface area contributed by atoms with Gasteiger partial charge in [0, 0.05) is 5.69 Å². The summed E-state index contributed by atoms with van der Waals surface area (Å²) in [6.45, 7) is 4.19. The first-order chi connectivity index (χ1) is 7.65. The van der Waals surface area contributed by atoms with Gasteiger partial charge in [-0.1, -0.05) is 11.3 Å². The van der Waals surface area contributed by atoms with Crippen LogP contribution >= 0.6 is 0 Å². The first kappa shape index (κ1) is 10.8. The summed E-state index contributed by atoms with van der Waals surface area (Å²) in [5.74, 6) is 0. The molecule has 0 amide bonds. The molecule has 2 heterocycles. The Morgan fingerprint density at radius 1 is 1.44 bits per heavy atom. The number of pyridine rings is 1. The summed E-state index contributed by atoms with van der Waals surface area (Å²) in [7, 11) is 0. The highest BCUT2D eigenvalue weighted by atomic mass is 16.3. The van der Waals surface area contributed by atoms with Gasteiger partial charge in [0.1, 0.15) is 5.69 Å². The maximum Gasteiger partial charge on any atom is 0.111 e. The van der Waals surface area contributed by atoms with Gasteiger partial charge in [-0.3, -0.25) is 4.98 Å². The average Bonchev–Trinajstić information content (AvgIpc) is 2.66. The van der Waals surface area contributed by atoms with Crippen molar-refractivity contribution in [2.24, 2.45) is 0 Å². The van der Waals surface area contributed by atoms with Crippen molar-refractivity contribution in [1.29, 1.82) is 0 Å². The summed E-state index contributed by atoms with van der Waals surface area (Å²) < 4.78 is 1.67. The van der Waals surface area contributed by atoms with Crippen LogP contribution in [-0.2, 0) is 6.54 Å². The molecule has 2 rings (SSSR count). The average molecular weight is 218 g/mol. The lowest BCUT2D eigenvalue weighted by Crippen LogP contribution is -2.03. The quantitative estimate of drug-likeness (QED) is 0.837. The second kappa shape index (κ2) is 4.40. The van der Waals surface area contributed by atoms with E-state index in [-0.39, 0.29) is 0 Å². The monoisotopic (exact) mass is 218 g/mol. The standard InChI is InChI=1S/C11H14N4O/c1-8-4-3-5-10(12-8)6-15-7-11(9(2)16)13-14-15/h3-5,7,9,16H,6H2,1-2H3. The first-order valence-corrected chi connectivity index (χ1v) is 5.16. The van der Waals surface area contributed by atoms with E-state index in [2.05, 4.69) is 15.3 Å². The van der Waals surface area contributed by atoms with E-state index < -0.39 is 6.10 Å². The van der Waals surface area contributed by atoms with Crippen molar-refractivity contribution in [3.05, 3.63) is 41.5 Å². The molecule has 5 heteroatoms. The Kier molecular flexibility index (Phi) is 2.96. The Morgan fingerprint density at radius 3 is 2.88 bits per heavy atom. The van der Waals surface area contributed by atoms with Crippen molar-refractivity contribution >= 4 is 0 Å². The van der Waals surface area contributed by atoms with Gasteiger partial charge >= 0.3 is 0 Å². The lowest BCUT2D eigenvalue weighted by Gasteiger charge is -2.01. The third kappa shape index (κ3) is 2.43. The van der Waals surface area contributed by atoms with Crippen LogP contribution in [0.3, 0.4) is 0 Å². The normalized spacial score (nSPS) is 12.7. The van der Waals surface area contributed by atoms with Crippen LogP contribution in [0.25, 0.3) is 0 Å². The van der Waals surface area contributed by atoms with Crippen molar-refractivity contribution in [2.75, 3.05) is 0 Å². The zero-order valence-corrected chi connectivity index (χ0v) is 9.33. The fraction of sp³-hybridized carbons (Fsp3) is 0.364. The number of hydrogen-bond acceptors (Lipinski definition) is 4. The SMILES string of the molecule is Cc1cccc(Cn2cc(C(C)O)nn2)n1. The van der Waals surface area contributed by atoms with Crippen LogP contribution in [-0.4, -0.2) is 25.1 Å². The van der Waals surface area contributed by atoms with Crippen LogP contribution in [0.4, 0.5) is 0 Å². The molecule has 0 fully saturated rings. The van der Waals surface area contributed by atoms with Crippen molar-refractivity contribution in [2.45, 2.75) is 26.5 Å². The molecule has 0 spiro atoms. The van der Waals surface area contributed by atoms with Gasteiger partial charge < -0.3 is 5.11 Å². The van der Waals surface area contributed by atoms with E-state index in [0.717, 1.165) is 11.4 Å². The Morgan fingerprint density at radius 2 is 2.25 bits per heavy atom. The van der Waals surface area contributed by atoms with Crippen molar-refractivity contribution in [1.82, 2.24) is 20.0 Å². The van der Waals surface area contributed by atoms with Crippen molar-refractivity contribution < 1.29 is 5.11 Å². The zero-order chi connectivity index (χ0) is 11.5. The molecule has 0 aliphatic rings. The van der Waals surface area contributed by atoms with Crippen molar-refractivity contribution in [3.63, 3.8) is 0 Å². The van der Waals surface area contributed by atoms with Gasteiger partial charge in [-0.2, -0.15) is 0 Å². The van der Waals surface area contributed by atoms with Crippen LogP contribution in [0.5, 0.6) is 0 Å². The largest absolute Gasteiger partial charge is 0.387 e. The minimum atomic E-state index is -0.584. The topological polar surface area (TPSA) is 63.8 Å². The van der Waals surface area contributed by atoms with Crippen LogP contribution in [0.1, 0.15) is 30.1 Å². The molecule has 5 nitrogen and oxygen atoms in total. The minimum Gasteiger partial charge on any atom is -0.387 e. The fourth-order valence-corrected chi connectivity index (χ4v) is 1.44. The molecular weight excluding hydrogens is 204 g/mol. The maximum atomic E-state index is 9.32. The zero-order valence-electron chi connectivity index (χ0n) is 9.33. The molecule has 2 aromatic heterocycles. The van der Waals surface area contributed by atoms with Crippen LogP contribution in [0, 0.1) is 6.92 Å². The fourth-order valence-electron chi connectivity index (χ4n) is 1.44. The highest BCUT2D eigenvalue weighted by Gasteiger charge is 2.06.